The largest absolute Gasteiger partial charge is 0.389 e. The Labute approximate surface area is 115 Å². The van der Waals surface area contributed by atoms with E-state index in [2.05, 4.69) is 27.9 Å². The van der Waals surface area contributed by atoms with Gasteiger partial charge in [-0.25, -0.2) is 0 Å². The van der Waals surface area contributed by atoms with Crippen LogP contribution in [-0.4, -0.2) is 16.6 Å². The number of halogens is 1. The van der Waals surface area contributed by atoms with E-state index < -0.39 is 5.60 Å². The zero-order valence-corrected chi connectivity index (χ0v) is 11.7. The van der Waals surface area contributed by atoms with Gasteiger partial charge in [0.2, 0.25) is 5.91 Å². The molecule has 4 heteroatoms. The molecule has 1 amide bonds. The maximum Gasteiger partial charge on any atom is 0.227 e. The van der Waals surface area contributed by atoms with E-state index in [0.717, 1.165) is 34.9 Å². The first-order valence-corrected chi connectivity index (χ1v) is 6.93. The second-order valence-corrected chi connectivity index (χ2v) is 5.91. The van der Waals surface area contributed by atoms with Gasteiger partial charge in [-0.15, -0.1) is 0 Å². The first-order valence-electron chi connectivity index (χ1n) is 5.85. The molecule has 1 fully saturated rings. The zero-order chi connectivity index (χ0) is 12.3. The summed E-state index contributed by atoms with van der Waals surface area (Å²) in [5.74, 6) is -0.101. The minimum atomic E-state index is -0.772. The van der Waals surface area contributed by atoms with Crippen molar-refractivity contribution in [2.45, 2.75) is 37.7 Å². The van der Waals surface area contributed by atoms with Crippen molar-refractivity contribution in [1.29, 1.82) is 0 Å². The molecular weight excluding hydrogens is 329 g/mol. The van der Waals surface area contributed by atoms with Crippen LogP contribution in [0.5, 0.6) is 0 Å². The Kier molecular flexibility index (Phi) is 4.04. The molecular formula is C13H16INO2. The number of anilines is 1. The summed E-state index contributed by atoms with van der Waals surface area (Å²) in [6.07, 6.45) is 3.73. The predicted molar refractivity (Wildman–Crippen MR) is 75.8 cm³/mol. The van der Waals surface area contributed by atoms with Gasteiger partial charge in [0.15, 0.2) is 0 Å². The third-order valence-corrected chi connectivity index (χ3v) is 3.80. The molecule has 1 aromatic rings. The highest BCUT2D eigenvalue weighted by molar-refractivity contribution is 14.1. The fourth-order valence-corrected chi connectivity index (χ4v) is 2.82. The topological polar surface area (TPSA) is 49.3 Å². The van der Waals surface area contributed by atoms with Crippen molar-refractivity contribution in [2.75, 3.05) is 5.32 Å². The molecule has 0 saturated heterocycles. The Morgan fingerprint density at radius 3 is 2.76 bits per heavy atom. The average Bonchev–Trinajstić information content (AvgIpc) is 2.64. The van der Waals surface area contributed by atoms with Gasteiger partial charge in [-0.3, -0.25) is 4.79 Å². The molecule has 2 N–H and O–H groups in total. The average molecular weight is 345 g/mol. The molecule has 0 heterocycles. The first kappa shape index (κ1) is 12.8. The second kappa shape index (κ2) is 5.35. The van der Waals surface area contributed by atoms with Crippen molar-refractivity contribution in [3.63, 3.8) is 0 Å². The number of aliphatic hydroxyl groups is 1. The van der Waals surface area contributed by atoms with Crippen LogP contribution in [0.3, 0.4) is 0 Å². The van der Waals surface area contributed by atoms with Gasteiger partial charge in [-0.05, 0) is 53.6 Å². The van der Waals surface area contributed by atoms with Gasteiger partial charge in [-0.2, -0.15) is 0 Å². The normalized spacial score (nSPS) is 18.0. The molecule has 1 aliphatic carbocycles. The highest BCUT2D eigenvalue weighted by Gasteiger charge is 2.33. The maximum atomic E-state index is 11.8. The molecule has 0 radical (unpaired) electrons. The summed E-state index contributed by atoms with van der Waals surface area (Å²) in [5.41, 5.74) is 0.0231. The standard InChI is InChI=1S/C13H16INO2/c14-10-4-3-5-11(8-10)15-12(16)9-13(17)6-1-2-7-13/h3-5,8,17H,1-2,6-7,9H2,(H,15,16). The third-order valence-electron chi connectivity index (χ3n) is 3.13. The summed E-state index contributed by atoms with van der Waals surface area (Å²) >= 11 is 2.20. The van der Waals surface area contributed by atoms with E-state index in [4.69, 9.17) is 0 Å². The summed E-state index contributed by atoms with van der Waals surface area (Å²) in [6, 6.07) is 7.65. The quantitative estimate of drug-likeness (QED) is 0.828. The molecule has 0 atom stereocenters. The van der Waals surface area contributed by atoms with Crippen LogP contribution in [0.25, 0.3) is 0 Å². The van der Waals surface area contributed by atoms with Crippen LogP contribution in [0.4, 0.5) is 5.69 Å². The Bertz CT molecular complexity index is 414. The number of carbonyl (C=O) groups excluding carboxylic acids is 1. The van der Waals surface area contributed by atoms with Crippen LogP contribution in [0, 0.1) is 3.57 Å². The summed E-state index contributed by atoms with van der Waals surface area (Å²) in [6.45, 7) is 0. The van der Waals surface area contributed by atoms with Gasteiger partial charge in [0.1, 0.15) is 0 Å². The van der Waals surface area contributed by atoms with Gasteiger partial charge in [-0.1, -0.05) is 18.9 Å². The molecule has 2 rings (SSSR count). The summed E-state index contributed by atoms with van der Waals surface area (Å²) in [4.78, 5) is 11.8. The van der Waals surface area contributed by atoms with Crippen molar-refractivity contribution in [1.82, 2.24) is 0 Å². The third kappa shape index (κ3) is 3.67. The lowest BCUT2D eigenvalue weighted by molar-refractivity contribution is -0.120. The Morgan fingerprint density at radius 1 is 1.41 bits per heavy atom. The first-order chi connectivity index (χ1) is 8.07. The van der Waals surface area contributed by atoms with Crippen molar-refractivity contribution in [3.05, 3.63) is 27.8 Å². The van der Waals surface area contributed by atoms with Crippen molar-refractivity contribution in [2.24, 2.45) is 0 Å². The minimum Gasteiger partial charge on any atom is -0.389 e. The zero-order valence-electron chi connectivity index (χ0n) is 9.58. The lowest BCUT2D eigenvalue weighted by Crippen LogP contribution is -2.30. The molecule has 1 saturated carbocycles. The molecule has 1 aliphatic rings. The SMILES string of the molecule is O=C(CC1(O)CCCC1)Nc1cccc(I)c1. The van der Waals surface area contributed by atoms with E-state index in [9.17, 15) is 9.90 Å². The number of rotatable bonds is 3. The molecule has 0 aromatic heterocycles. The second-order valence-electron chi connectivity index (χ2n) is 4.67. The number of benzene rings is 1. The van der Waals surface area contributed by atoms with Crippen LogP contribution >= 0.6 is 22.6 Å². The highest BCUT2D eigenvalue weighted by atomic mass is 127. The Balaban J connectivity index is 1.93. The van der Waals surface area contributed by atoms with Gasteiger partial charge in [0.25, 0.3) is 0 Å². The summed E-state index contributed by atoms with van der Waals surface area (Å²) < 4.78 is 1.08. The van der Waals surface area contributed by atoms with E-state index in [0.29, 0.717) is 0 Å². The lowest BCUT2D eigenvalue weighted by atomic mass is 9.97. The maximum absolute atomic E-state index is 11.8. The Morgan fingerprint density at radius 2 is 2.12 bits per heavy atom. The summed E-state index contributed by atoms with van der Waals surface area (Å²) in [7, 11) is 0. The molecule has 0 unspecified atom stereocenters. The van der Waals surface area contributed by atoms with Gasteiger partial charge in [0.05, 0.1) is 12.0 Å². The van der Waals surface area contributed by atoms with E-state index in [1.165, 1.54) is 0 Å². The number of amides is 1. The minimum absolute atomic E-state index is 0.101. The number of carbonyl (C=O) groups is 1. The van der Waals surface area contributed by atoms with Gasteiger partial charge in [0, 0.05) is 9.26 Å². The fraction of sp³-hybridized carbons (Fsp3) is 0.462. The van der Waals surface area contributed by atoms with Crippen LogP contribution in [0.15, 0.2) is 24.3 Å². The predicted octanol–water partition coefficient (Wildman–Crippen LogP) is 2.92. The van der Waals surface area contributed by atoms with Gasteiger partial charge >= 0.3 is 0 Å². The van der Waals surface area contributed by atoms with E-state index in [1.807, 2.05) is 24.3 Å². The van der Waals surface area contributed by atoms with Crippen LogP contribution in [-0.2, 0) is 4.79 Å². The lowest BCUT2D eigenvalue weighted by Gasteiger charge is -2.21. The number of hydrogen-bond donors (Lipinski definition) is 2. The molecule has 17 heavy (non-hydrogen) atoms. The fourth-order valence-electron chi connectivity index (χ4n) is 2.28. The van der Waals surface area contributed by atoms with Crippen LogP contribution < -0.4 is 5.32 Å². The molecule has 0 spiro atoms. The summed E-state index contributed by atoms with van der Waals surface area (Å²) in [5, 5.41) is 13.0. The Hall–Kier alpha value is -0.620. The van der Waals surface area contributed by atoms with E-state index in [1.54, 1.807) is 0 Å². The highest BCUT2D eigenvalue weighted by Crippen LogP contribution is 2.32. The molecule has 0 aliphatic heterocycles. The van der Waals surface area contributed by atoms with E-state index in [-0.39, 0.29) is 12.3 Å². The molecule has 92 valence electrons. The van der Waals surface area contributed by atoms with Gasteiger partial charge < -0.3 is 10.4 Å². The molecule has 0 bridgehead atoms. The van der Waals surface area contributed by atoms with Crippen LogP contribution in [0.2, 0.25) is 0 Å². The molecule has 1 aromatic carbocycles. The van der Waals surface area contributed by atoms with Crippen molar-refractivity contribution >= 4 is 34.2 Å². The van der Waals surface area contributed by atoms with Crippen molar-refractivity contribution in [3.8, 4) is 0 Å². The monoisotopic (exact) mass is 345 g/mol. The van der Waals surface area contributed by atoms with Crippen LogP contribution in [0.1, 0.15) is 32.1 Å². The molecule has 3 nitrogen and oxygen atoms in total. The smallest absolute Gasteiger partial charge is 0.227 e. The number of hydrogen-bond acceptors (Lipinski definition) is 2. The van der Waals surface area contributed by atoms with Crippen molar-refractivity contribution < 1.29 is 9.90 Å². The number of nitrogens with one attached hydrogen (secondary N) is 1. The van der Waals surface area contributed by atoms with E-state index >= 15 is 0 Å².